The molecule has 0 aliphatic carbocycles. The Morgan fingerprint density at radius 2 is 1.71 bits per heavy atom. The van der Waals surface area contributed by atoms with Crippen molar-refractivity contribution >= 4 is 0 Å². The quantitative estimate of drug-likeness (QED) is 0.637. The summed E-state index contributed by atoms with van der Waals surface area (Å²) in [7, 11) is 0. The lowest BCUT2D eigenvalue weighted by Crippen LogP contribution is -2.38. The van der Waals surface area contributed by atoms with Crippen LogP contribution in [0.4, 0.5) is 4.39 Å². The minimum Gasteiger partial charge on any atom is -0.286 e. The Labute approximate surface area is 140 Å². The van der Waals surface area contributed by atoms with Crippen molar-refractivity contribution in [2.75, 3.05) is 0 Å². The molecule has 5 heteroatoms. The second-order valence-corrected chi connectivity index (χ2v) is 6.72. The number of fused-ring (bicyclic) bond motifs is 2. The van der Waals surface area contributed by atoms with Gasteiger partial charge in [0.1, 0.15) is 5.82 Å². The molecule has 0 spiro atoms. The molecule has 24 heavy (non-hydrogen) atoms. The van der Waals surface area contributed by atoms with Crippen molar-refractivity contribution in [1.82, 2.24) is 4.90 Å². The SMILES string of the molecule is O=[N+]([O-])[C@@H]1[C@H](c2ccc(F)cc2)[C@H]2CC[C@H]1N2Cc1ccccc1. The first kappa shape index (κ1) is 15.3. The molecule has 2 aromatic carbocycles. The summed E-state index contributed by atoms with van der Waals surface area (Å²) >= 11 is 0. The monoisotopic (exact) mass is 326 g/mol. The molecule has 4 atom stereocenters. The van der Waals surface area contributed by atoms with E-state index in [1.807, 2.05) is 18.2 Å². The molecule has 124 valence electrons. The van der Waals surface area contributed by atoms with Crippen molar-refractivity contribution in [1.29, 1.82) is 0 Å². The molecule has 4 nitrogen and oxygen atoms in total. The van der Waals surface area contributed by atoms with Crippen LogP contribution in [-0.2, 0) is 6.54 Å². The first-order chi connectivity index (χ1) is 11.6. The molecule has 0 amide bonds. The third kappa shape index (κ3) is 2.49. The van der Waals surface area contributed by atoms with Gasteiger partial charge in [0.2, 0.25) is 6.04 Å². The summed E-state index contributed by atoms with van der Waals surface area (Å²) in [4.78, 5) is 13.9. The summed E-state index contributed by atoms with van der Waals surface area (Å²) in [5.41, 5.74) is 2.06. The lowest BCUT2D eigenvalue weighted by atomic mass is 9.80. The van der Waals surface area contributed by atoms with Gasteiger partial charge in [0.15, 0.2) is 0 Å². The molecule has 0 radical (unpaired) electrons. The first-order valence-electron chi connectivity index (χ1n) is 8.34. The van der Waals surface area contributed by atoms with Crippen LogP contribution in [0, 0.1) is 15.9 Å². The van der Waals surface area contributed by atoms with Crippen LogP contribution < -0.4 is 0 Å². The van der Waals surface area contributed by atoms with Gasteiger partial charge in [-0.25, -0.2) is 4.39 Å². The lowest BCUT2D eigenvalue weighted by molar-refractivity contribution is -0.529. The van der Waals surface area contributed by atoms with E-state index in [4.69, 9.17) is 0 Å². The predicted molar refractivity (Wildman–Crippen MR) is 88.7 cm³/mol. The number of rotatable bonds is 4. The summed E-state index contributed by atoms with van der Waals surface area (Å²) < 4.78 is 13.2. The van der Waals surface area contributed by atoms with Crippen LogP contribution in [0.1, 0.15) is 29.9 Å². The predicted octanol–water partition coefficient (Wildman–Crippen LogP) is 3.60. The highest BCUT2D eigenvalue weighted by Crippen LogP contribution is 2.48. The molecule has 0 N–H and O–H groups in total. The van der Waals surface area contributed by atoms with E-state index in [0.29, 0.717) is 0 Å². The fourth-order valence-electron chi connectivity index (χ4n) is 4.54. The molecule has 2 bridgehead atoms. The molecular weight excluding hydrogens is 307 g/mol. The number of nitro groups is 1. The average Bonchev–Trinajstić information content (AvgIpc) is 3.11. The van der Waals surface area contributed by atoms with E-state index in [9.17, 15) is 14.5 Å². The van der Waals surface area contributed by atoms with Gasteiger partial charge in [-0.15, -0.1) is 0 Å². The van der Waals surface area contributed by atoms with Crippen LogP contribution in [-0.4, -0.2) is 27.9 Å². The van der Waals surface area contributed by atoms with E-state index in [1.54, 1.807) is 12.1 Å². The third-order valence-electron chi connectivity index (χ3n) is 5.49. The molecule has 2 aliphatic rings. The zero-order chi connectivity index (χ0) is 16.7. The van der Waals surface area contributed by atoms with Crippen LogP contribution in [0.2, 0.25) is 0 Å². The standard InChI is InChI=1S/C19H19FN2O2/c20-15-8-6-14(7-9-15)18-16-10-11-17(19(18)22(23)24)21(16)12-13-4-2-1-3-5-13/h1-9,16-19H,10-12H2/t16-,17-,18-,19+/m1/s1. The molecule has 0 unspecified atom stereocenters. The van der Waals surface area contributed by atoms with Crippen LogP contribution in [0.25, 0.3) is 0 Å². The fourth-order valence-corrected chi connectivity index (χ4v) is 4.54. The average molecular weight is 326 g/mol. The largest absolute Gasteiger partial charge is 0.286 e. The van der Waals surface area contributed by atoms with E-state index in [2.05, 4.69) is 17.0 Å². The zero-order valence-corrected chi connectivity index (χ0v) is 13.2. The van der Waals surface area contributed by atoms with Gasteiger partial charge >= 0.3 is 0 Å². The van der Waals surface area contributed by atoms with E-state index in [-0.39, 0.29) is 28.7 Å². The highest BCUT2D eigenvalue weighted by atomic mass is 19.1. The van der Waals surface area contributed by atoms with Gasteiger partial charge in [-0.1, -0.05) is 42.5 Å². The topological polar surface area (TPSA) is 46.4 Å². The summed E-state index contributed by atoms with van der Waals surface area (Å²) in [6, 6.07) is 15.8. The highest BCUT2D eigenvalue weighted by molar-refractivity contribution is 5.29. The van der Waals surface area contributed by atoms with Crippen molar-refractivity contribution in [2.45, 2.75) is 43.4 Å². The van der Waals surface area contributed by atoms with Crippen molar-refractivity contribution in [3.8, 4) is 0 Å². The van der Waals surface area contributed by atoms with Gasteiger partial charge < -0.3 is 0 Å². The lowest BCUT2D eigenvalue weighted by Gasteiger charge is -2.24. The Morgan fingerprint density at radius 3 is 2.38 bits per heavy atom. The summed E-state index contributed by atoms with van der Waals surface area (Å²) in [5.74, 6) is -0.469. The molecule has 0 aromatic heterocycles. The maximum Gasteiger partial charge on any atom is 0.236 e. The van der Waals surface area contributed by atoms with Gasteiger partial charge in [-0.05, 0) is 36.1 Å². The molecule has 2 fully saturated rings. The van der Waals surface area contributed by atoms with E-state index in [0.717, 1.165) is 24.9 Å². The van der Waals surface area contributed by atoms with Gasteiger partial charge in [0.25, 0.3) is 0 Å². The number of halogens is 1. The van der Waals surface area contributed by atoms with E-state index >= 15 is 0 Å². The van der Waals surface area contributed by atoms with Crippen molar-refractivity contribution in [2.24, 2.45) is 0 Å². The maximum atomic E-state index is 13.2. The smallest absolute Gasteiger partial charge is 0.236 e. The Bertz CT molecular complexity index is 735. The maximum absolute atomic E-state index is 13.2. The third-order valence-corrected chi connectivity index (χ3v) is 5.49. The fraction of sp³-hybridized carbons (Fsp3) is 0.368. The van der Waals surface area contributed by atoms with Gasteiger partial charge in [0.05, 0.1) is 12.0 Å². The second-order valence-electron chi connectivity index (χ2n) is 6.72. The molecule has 2 aliphatic heterocycles. The molecule has 2 heterocycles. The first-order valence-corrected chi connectivity index (χ1v) is 8.34. The normalized spacial score (nSPS) is 29.0. The van der Waals surface area contributed by atoms with Gasteiger partial charge in [0, 0.05) is 17.5 Å². The second kappa shape index (κ2) is 5.98. The highest BCUT2D eigenvalue weighted by Gasteiger charge is 2.59. The van der Waals surface area contributed by atoms with Crippen molar-refractivity contribution < 1.29 is 9.31 Å². The van der Waals surface area contributed by atoms with Crippen molar-refractivity contribution in [3.05, 3.63) is 81.7 Å². The molecule has 4 rings (SSSR count). The zero-order valence-electron chi connectivity index (χ0n) is 13.2. The molecule has 2 aromatic rings. The summed E-state index contributed by atoms with van der Waals surface area (Å²) in [6.45, 7) is 0.734. The van der Waals surface area contributed by atoms with E-state index < -0.39 is 6.04 Å². The van der Waals surface area contributed by atoms with Crippen LogP contribution in [0.15, 0.2) is 54.6 Å². The number of nitrogens with zero attached hydrogens (tertiary/aromatic N) is 2. The minimum atomic E-state index is -0.613. The number of hydrogen-bond donors (Lipinski definition) is 0. The summed E-state index contributed by atoms with van der Waals surface area (Å²) in [5, 5.41) is 11.7. The number of hydrogen-bond acceptors (Lipinski definition) is 3. The molecule has 0 saturated carbocycles. The van der Waals surface area contributed by atoms with Crippen LogP contribution in [0.3, 0.4) is 0 Å². The Balaban J connectivity index is 1.67. The molecular formula is C19H19FN2O2. The van der Waals surface area contributed by atoms with Gasteiger partial charge in [-0.3, -0.25) is 15.0 Å². The van der Waals surface area contributed by atoms with E-state index in [1.165, 1.54) is 17.7 Å². The Hall–Kier alpha value is -2.27. The van der Waals surface area contributed by atoms with Crippen molar-refractivity contribution in [3.63, 3.8) is 0 Å². The summed E-state index contributed by atoms with van der Waals surface area (Å²) in [6.07, 6.45) is 1.82. The minimum absolute atomic E-state index is 0.0414. The molecule has 2 saturated heterocycles. The van der Waals surface area contributed by atoms with Crippen LogP contribution in [0.5, 0.6) is 0 Å². The number of benzene rings is 2. The van der Waals surface area contributed by atoms with Gasteiger partial charge in [-0.2, -0.15) is 0 Å². The van der Waals surface area contributed by atoms with Crippen LogP contribution >= 0.6 is 0 Å². The Morgan fingerprint density at radius 1 is 1.04 bits per heavy atom. The Kier molecular flexibility index (Phi) is 3.81.